The van der Waals surface area contributed by atoms with Crippen molar-refractivity contribution in [3.8, 4) is 0 Å². The highest BCUT2D eigenvalue weighted by molar-refractivity contribution is 7.46. The Kier molecular flexibility index (Phi) is 34.6. The van der Waals surface area contributed by atoms with Crippen molar-refractivity contribution in [2.45, 2.75) is 225 Å². The maximum atomic E-state index is 12.5. The van der Waals surface area contributed by atoms with Crippen LogP contribution in [0.2, 0.25) is 0 Å². The van der Waals surface area contributed by atoms with Crippen LogP contribution in [0.25, 0.3) is 0 Å². The second kappa shape index (κ2) is 35.1. The highest BCUT2D eigenvalue weighted by atomic mass is 31.2. The molecule has 0 saturated heterocycles. The first kappa shape index (κ1) is 46.3. The predicted octanol–water partition coefficient (Wildman–Crippen LogP) is 11.6. The molecular weight excluding hydrogens is 609 g/mol. The second-order valence-corrected chi connectivity index (χ2v) is 15.2. The van der Waals surface area contributed by atoms with E-state index in [-0.39, 0.29) is 5.91 Å². The van der Waals surface area contributed by atoms with E-state index in [2.05, 4.69) is 23.7 Å². The van der Waals surface area contributed by atoms with E-state index in [0.29, 0.717) is 6.42 Å². The van der Waals surface area contributed by atoms with Crippen LogP contribution in [0.1, 0.15) is 213 Å². The third-order valence-electron chi connectivity index (χ3n) is 9.25. The molecule has 0 unspecified atom stereocenters. The summed E-state index contributed by atoms with van der Waals surface area (Å²) in [7, 11) is -4.71. The number of unbranched alkanes of at least 4 members (excludes halogenated alkanes) is 28. The largest absolute Gasteiger partial charge is 0.469 e. The van der Waals surface area contributed by atoms with Gasteiger partial charge in [0.15, 0.2) is 0 Å². The van der Waals surface area contributed by atoms with Gasteiger partial charge in [-0.2, -0.15) is 0 Å². The molecule has 0 aromatic rings. The Morgan fingerprint density at radius 1 is 0.596 bits per heavy atom. The van der Waals surface area contributed by atoms with Crippen LogP contribution in [0.5, 0.6) is 0 Å². The number of rotatable bonds is 37. The molecule has 4 N–H and O–H groups in total. The first-order chi connectivity index (χ1) is 22.8. The highest BCUT2D eigenvalue weighted by Gasteiger charge is 2.24. The van der Waals surface area contributed by atoms with E-state index in [1.54, 1.807) is 6.08 Å². The van der Waals surface area contributed by atoms with Gasteiger partial charge in [0.25, 0.3) is 0 Å². The average Bonchev–Trinajstić information content (AvgIpc) is 3.04. The van der Waals surface area contributed by atoms with Crippen LogP contribution >= 0.6 is 7.82 Å². The summed E-state index contributed by atoms with van der Waals surface area (Å²) in [5.41, 5.74) is 0. The molecule has 280 valence electrons. The zero-order valence-electron chi connectivity index (χ0n) is 31.0. The van der Waals surface area contributed by atoms with Crippen molar-refractivity contribution < 1.29 is 28.8 Å². The fraction of sp³-hybridized carbons (Fsp3) is 0.923. The summed E-state index contributed by atoms with van der Waals surface area (Å²) < 4.78 is 15.9. The molecule has 0 saturated carbocycles. The molecule has 0 aliphatic rings. The number of phosphoric ester groups is 1. The average molecular weight is 688 g/mol. The fourth-order valence-corrected chi connectivity index (χ4v) is 6.52. The topological polar surface area (TPSA) is 116 Å². The molecule has 0 bridgehead atoms. The molecule has 0 heterocycles. The Labute approximate surface area is 291 Å². The molecule has 0 aromatic carbocycles. The first-order valence-electron chi connectivity index (χ1n) is 20.1. The van der Waals surface area contributed by atoms with Crippen molar-refractivity contribution in [2.75, 3.05) is 6.61 Å². The standard InChI is InChI=1S/C39H78NO6P/c1-3-5-7-9-11-13-15-17-19-20-21-23-25-27-29-31-33-35-39(42)40-37(36-46-47(43,44)45)38(41)34-32-30-28-26-24-22-18-16-14-12-10-8-6-4-2/h32,34,37-38,41H,3-31,33,35-36H2,1-2H3,(H,40,42)(H2,43,44,45)/b34-32+/t37-,38+/m0/s1. The van der Waals surface area contributed by atoms with Crippen molar-refractivity contribution >= 4 is 13.7 Å². The zero-order valence-corrected chi connectivity index (χ0v) is 31.8. The van der Waals surface area contributed by atoms with Crippen LogP contribution in [-0.4, -0.2) is 39.6 Å². The number of phosphoric acid groups is 1. The smallest absolute Gasteiger partial charge is 0.387 e. The van der Waals surface area contributed by atoms with E-state index < -0.39 is 26.6 Å². The van der Waals surface area contributed by atoms with Gasteiger partial charge in [-0.1, -0.05) is 199 Å². The number of hydrogen-bond donors (Lipinski definition) is 4. The van der Waals surface area contributed by atoms with E-state index >= 15 is 0 Å². The lowest BCUT2D eigenvalue weighted by Gasteiger charge is -2.22. The quantitative estimate of drug-likeness (QED) is 0.0293. The maximum absolute atomic E-state index is 12.5. The molecule has 0 aromatic heterocycles. The molecule has 0 fully saturated rings. The Morgan fingerprint density at radius 3 is 1.30 bits per heavy atom. The number of carbonyl (C=O) groups is 1. The third kappa shape index (κ3) is 36.4. The lowest BCUT2D eigenvalue weighted by Crippen LogP contribution is -2.45. The van der Waals surface area contributed by atoms with Crippen molar-refractivity contribution in [2.24, 2.45) is 0 Å². The maximum Gasteiger partial charge on any atom is 0.469 e. The van der Waals surface area contributed by atoms with E-state index in [9.17, 15) is 14.5 Å². The summed E-state index contributed by atoms with van der Waals surface area (Å²) in [5, 5.41) is 13.4. The monoisotopic (exact) mass is 688 g/mol. The van der Waals surface area contributed by atoms with Crippen LogP contribution in [0.15, 0.2) is 12.2 Å². The molecule has 0 aliphatic carbocycles. The van der Waals surface area contributed by atoms with Crippen molar-refractivity contribution in [1.82, 2.24) is 5.32 Å². The van der Waals surface area contributed by atoms with Crippen LogP contribution in [0.4, 0.5) is 0 Å². The van der Waals surface area contributed by atoms with Gasteiger partial charge in [-0.05, 0) is 19.3 Å². The number of aliphatic hydroxyl groups excluding tert-OH is 1. The molecule has 7 nitrogen and oxygen atoms in total. The Morgan fingerprint density at radius 2 is 0.936 bits per heavy atom. The zero-order chi connectivity index (χ0) is 34.7. The van der Waals surface area contributed by atoms with Crippen molar-refractivity contribution in [3.63, 3.8) is 0 Å². The van der Waals surface area contributed by atoms with E-state index in [0.717, 1.165) is 38.5 Å². The number of nitrogens with one attached hydrogen (secondary N) is 1. The molecule has 2 atom stereocenters. The highest BCUT2D eigenvalue weighted by Crippen LogP contribution is 2.35. The van der Waals surface area contributed by atoms with Gasteiger partial charge >= 0.3 is 7.82 Å². The number of allylic oxidation sites excluding steroid dienone is 1. The molecule has 47 heavy (non-hydrogen) atoms. The minimum Gasteiger partial charge on any atom is -0.387 e. The van der Waals surface area contributed by atoms with Gasteiger partial charge in [-0.3, -0.25) is 9.32 Å². The Balaban J connectivity index is 3.96. The predicted molar refractivity (Wildman–Crippen MR) is 200 cm³/mol. The summed E-state index contributed by atoms with van der Waals surface area (Å²) in [6, 6.07) is -0.904. The minimum absolute atomic E-state index is 0.223. The molecule has 1 amide bonds. The number of amides is 1. The lowest BCUT2D eigenvalue weighted by molar-refractivity contribution is -0.123. The number of hydrogen-bond acceptors (Lipinski definition) is 4. The van der Waals surface area contributed by atoms with E-state index in [1.165, 1.54) is 154 Å². The first-order valence-corrected chi connectivity index (χ1v) is 21.7. The van der Waals surface area contributed by atoms with E-state index in [1.807, 2.05) is 6.08 Å². The van der Waals surface area contributed by atoms with Crippen LogP contribution < -0.4 is 5.32 Å². The molecule has 0 radical (unpaired) electrons. The number of carbonyl (C=O) groups excluding carboxylic acids is 1. The van der Waals surface area contributed by atoms with Gasteiger partial charge in [-0.25, -0.2) is 4.57 Å². The summed E-state index contributed by atoms with van der Waals surface area (Å²) >= 11 is 0. The van der Waals surface area contributed by atoms with Gasteiger partial charge in [0.05, 0.1) is 18.8 Å². The molecule has 0 rings (SSSR count). The summed E-state index contributed by atoms with van der Waals surface area (Å²) in [4.78, 5) is 30.8. The normalized spacial score (nSPS) is 13.4. The van der Waals surface area contributed by atoms with Crippen LogP contribution in [0.3, 0.4) is 0 Å². The van der Waals surface area contributed by atoms with E-state index in [4.69, 9.17) is 9.79 Å². The van der Waals surface area contributed by atoms with Gasteiger partial charge in [0, 0.05) is 6.42 Å². The molecular formula is C39H78NO6P. The third-order valence-corrected chi connectivity index (χ3v) is 9.73. The fourth-order valence-electron chi connectivity index (χ4n) is 6.17. The summed E-state index contributed by atoms with van der Waals surface area (Å²) in [6.45, 7) is 4.08. The van der Waals surface area contributed by atoms with Crippen molar-refractivity contribution in [3.05, 3.63) is 12.2 Å². The summed E-state index contributed by atoms with van der Waals surface area (Å²) in [6.07, 6.45) is 40.8. The SMILES string of the molecule is CCCCCCCCCCCCCC/C=C/[C@@H](O)[C@H](COP(=O)(O)O)NC(=O)CCCCCCCCCCCCCCCCCCC. The molecule has 8 heteroatoms. The lowest BCUT2D eigenvalue weighted by atomic mass is 10.0. The van der Waals surface area contributed by atoms with Crippen LogP contribution in [-0.2, 0) is 13.9 Å². The second-order valence-electron chi connectivity index (χ2n) is 14.0. The van der Waals surface area contributed by atoms with Crippen LogP contribution in [0, 0.1) is 0 Å². The van der Waals surface area contributed by atoms with Gasteiger partial charge in [0.2, 0.25) is 5.91 Å². The number of aliphatic hydroxyl groups is 1. The summed E-state index contributed by atoms with van der Waals surface area (Å²) in [5.74, 6) is -0.223. The minimum atomic E-state index is -4.71. The Hall–Kier alpha value is -0.720. The van der Waals surface area contributed by atoms with Crippen molar-refractivity contribution in [1.29, 1.82) is 0 Å². The molecule has 0 aliphatic heterocycles. The van der Waals surface area contributed by atoms with Gasteiger partial charge in [-0.15, -0.1) is 0 Å². The Bertz CT molecular complexity index is 743. The van der Waals surface area contributed by atoms with Gasteiger partial charge < -0.3 is 20.2 Å². The van der Waals surface area contributed by atoms with Gasteiger partial charge in [0.1, 0.15) is 0 Å². The molecule has 0 spiro atoms.